The molecule has 0 saturated heterocycles. The first-order valence-corrected chi connectivity index (χ1v) is 7.17. The molecule has 0 radical (unpaired) electrons. The average molecular weight is 336 g/mol. The van der Waals surface area contributed by atoms with Crippen LogP contribution in [0.5, 0.6) is 5.75 Å². The van der Waals surface area contributed by atoms with Crippen LogP contribution in [0, 0.1) is 0 Å². The van der Waals surface area contributed by atoms with Crippen molar-refractivity contribution >= 4 is 27.3 Å². The molecule has 1 atom stereocenters. The second-order valence-corrected chi connectivity index (χ2v) is 5.50. The van der Waals surface area contributed by atoms with E-state index in [1.807, 2.05) is 49.5 Å². The Morgan fingerprint density at radius 1 is 1.15 bits per heavy atom. The van der Waals surface area contributed by atoms with Crippen molar-refractivity contribution in [2.24, 2.45) is 0 Å². The van der Waals surface area contributed by atoms with Crippen molar-refractivity contribution in [2.45, 2.75) is 13.0 Å². The molecule has 0 aliphatic rings. The third kappa shape index (κ3) is 3.14. The standard InChI is InChI=1S/C16H18BrNO2/c1-11(19)12-4-9-16(15(17)10-12)18(2)13-5-7-14(20-3)8-6-13/h4-11,19H,1-3H3. The normalized spacial score (nSPS) is 12.1. The van der Waals surface area contributed by atoms with Gasteiger partial charge in [-0.05, 0) is 64.8 Å². The summed E-state index contributed by atoms with van der Waals surface area (Å²) in [6.07, 6.45) is -0.466. The minimum atomic E-state index is -0.466. The van der Waals surface area contributed by atoms with Gasteiger partial charge in [0.15, 0.2) is 0 Å². The summed E-state index contributed by atoms with van der Waals surface area (Å²) < 4.78 is 6.12. The lowest BCUT2D eigenvalue weighted by molar-refractivity contribution is 0.199. The summed E-state index contributed by atoms with van der Waals surface area (Å²) in [5.41, 5.74) is 3.00. The number of anilines is 2. The molecule has 0 aromatic heterocycles. The van der Waals surface area contributed by atoms with E-state index in [1.165, 1.54) is 0 Å². The van der Waals surface area contributed by atoms with Crippen molar-refractivity contribution in [3.05, 3.63) is 52.5 Å². The van der Waals surface area contributed by atoms with E-state index < -0.39 is 6.10 Å². The van der Waals surface area contributed by atoms with Crippen LogP contribution >= 0.6 is 15.9 Å². The van der Waals surface area contributed by atoms with Crippen LogP contribution in [0.2, 0.25) is 0 Å². The van der Waals surface area contributed by atoms with E-state index in [1.54, 1.807) is 14.0 Å². The van der Waals surface area contributed by atoms with Crippen molar-refractivity contribution < 1.29 is 9.84 Å². The Hall–Kier alpha value is -1.52. The van der Waals surface area contributed by atoms with Crippen LogP contribution in [-0.4, -0.2) is 19.3 Å². The molecule has 4 heteroatoms. The molecule has 106 valence electrons. The number of methoxy groups -OCH3 is 1. The monoisotopic (exact) mass is 335 g/mol. The third-order valence-electron chi connectivity index (χ3n) is 3.28. The smallest absolute Gasteiger partial charge is 0.119 e. The molecule has 1 unspecified atom stereocenters. The Bertz CT molecular complexity index is 582. The maximum Gasteiger partial charge on any atom is 0.119 e. The molecule has 0 spiro atoms. The Morgan fingerprint density at radius 2 is 1.80 bits per heavy atom. The quantitative estimate of drug-likeness (QED) is 0.905. The van der Waals surface area contributed by atoms with Gasteiger partial charge >= 0.3 is 0 Å². The molecule has 20 heavy (non-hydrogen) atoms. The fraction of sp³-hybridized carbons (Fsp3) is 0.250. The number of hydrogen-bond donors (Lipinski definition) is 1. The lowest BCUT2D eigenvalue weighted by Gasteiger charge is -2.22. The van der Waals surface area contributed by atoms with Gasteiger partial charge in [0, 0.05) is 17.2 Å². The van der Waals surface area contributed by atoms with Crippen LogP contribution in [-0.2, 0) is 0 Å². The Morgan fingerprint density at radius 3 is 2.30 bits per heavy atom. The van der Waals surface area contributed by atoms with Crippen LogP contribution in [0.3, 0.4) is 0 Å². The van der Waals surface area contributed by atoms with Crippen molar-refractivity contribution in [3.8, 4) is 5.75 Å². The van der Waals surface area contributed by atoms with E-state index in [2.05, 4.69) is 20.8 Å². The number of halogens is 1. The number of aliphatic hydroxyl groups is 1. The lowest BCUT2D eigenvalue weighted by Crippen LogP contribution is -2.10. The SMILES string of the molecule is COc1ccc(N(C)c2ccc(C(C)O)cc2Br)cc1. The fourth-order valence-electron chi connectivity index (χ4n) is 2.00. The summed E-state index contributed by atoms with van der Waals surface area (Å²) >= 11 is 3.56. The second kappa shape index (κ2) is 6.29. The first-order valence-electron chi connectivity index (χ1n) is 6.38. The summed E-state index contributed by atoms with van der Waals surface area (Å²) in [5.74, 6) is 0.839. The summed E-state index contributed by atoms with van der Waals surface area (Å²) in [6, 6.07) is 13.8. The maximum absolute atomic E-state index is 9.60. The molecule has 1 N–H and O–H groups in total. The van der Waals surface area contributed by atoms with Crippen molar-refractivity contribution in [3.63, 3.8) is 0 Å². The Labute approximate surface area is 127 Å². The van der Waals surface area contributed by atoms with Crippen LogP contribution in [0.4, 0.5) is 11.4 Å². The van der Waals surface area contributed by atoms with Gasteiger partial charge in [0.25, 0.3) is 0 Å². The molecule has 0 bridgehead atoms. The zero-order chi connectivity index (χ0) is 14.7. The van der Waals surface area contributed by atoms with Crippen molar-refractivity contribution in [1.29, 1.82) is 0 Å². The van der Waals surface area contributed by atoms with Crippen LogP contribution in [0.25, 0.3) is 0 Å². The van der Waals surface area contributed by atoms with Gasteiger partial charge in [0.2, 0.25) is 0 Å². The highest BCUT2D eigenvalue weighted by Crippen LogP contribution is 2.33. The molecule has 0 amide bonds. The number of aliphatic hydroxyl groups excluding tert-OH is 1. The van der Waals surface area contributed by atoms with Gasteiger partial charge in [-0.15, -0.1) is 0 Å². The van der Waals surface area contributed by atoms with E-state index in [-0.39, 0.29) is 0 Å². The van der Waals surface area contributed by atoms with Gasteiger partial charge < -0.3 is 14.7 Å². The topological polar surface area (TPSA) is 32.7 Å². The van der Waals surface area contributed by atoms with E-state index in [4.69, 9.17) is 4.74 Å². The lowest BCUT2D eigenvalue weighted by atomic mass is 10.1. The molecule has 2 rings (SSSR count). The minimum absolute atomic E-state index is 0.466. The number of hydrogen-bond acceptors (Lipinski definition) is 3. The highest BCUT2D eigenvalue weighted by molar-refractivity contribution is 9.10. The molecule has 3 nitrogen and oxygen atoms in total. The molecule has 2 aromatic rings. The molecule has 0 saturated carbocycles. The number of rotatable bonds is 4. The number of nitrogens with zero attached hydrogens (tertiary/aromatic N) is 1. The van der Waals surface area contributed by atoms with Crippen LogP contribution in [0.1, 0.15) is 18.6 Å². The van der Waals surface area contributed by atoms with E-state index in [0.29, 0.717) is 0 Å². The first kappa shape index (κ1) is 14.9. The minimum Gasteiger partial charge on any atom is -0.497 e. The van der Waals surface area contributed by atoms with Gasteiger partial charge in [-0.2, -0.15) is 0 Å². The first-order chi connectivity index (χ1) is 9.52. The summed E-state index contributed by atoms with van der Waals surface area (Å²) in [4.78, 5) is 2.08. The highest BCUT2D eigenvalue weighted by atomic mass is 79.9. The van der Waals surface area contributed by atoms with E-state index >= 15 is 0 Å². The molecule has 0 fully saturated rings. The zero-order valence-electron chi connectivity index (χ0n) is 11.8. The maximum atomic E-state index is 9.60. The van der Waals surface area contributed by atoms with Gasteiger partial charge in [-0.1, -0.05) is 6.07 Å². The predicted molar refractivity (Wildman–Crippen MR) is 85.8 cm³/mol. The van der Waals surface area contributed by atoms with Crippen molar-refractivity contribution in [1.82, 2.24) is 0 Å². The number of benzene rings is 2. The van der Waals surface area contributed by atoms with Gasteiger partial charge in [-0.3, -0.25) is 0 Å². The predicted octanol–water partition coefficient (Wildman–Crippen LogP) is 4.28. The number of ether oxygens (including phenoxy) is 1. The van der Waals surface area contributed by atoms with Crippen LogP contribution < -0.4 is 9.64 Å². The summed E-state index contributed by atoms with van der Waals surface area (Å²) in [7, 11) is 3.66. The average Bonchev–Trinajstić information content (AvgIpc) is 2.46. The Balaban J connectivity index is 2.30. The van der Waals surface area contributed by atoms with E-state index in [9.17, 15) is 5.11 Å². The summed E-state index contributed by atoms with van der Waals surface area (Å²) in [6.45, 7) is 1.76. The fourth-order valence-corrected chi connectivity index (χ4v) is 2.66. The van der Waals surface area contributed by atoms with Crippen molar-refractivity contribution in [2.75, 3.05) is 19.1 Å². The van der Waals surface area contributed by atoms with Gasteiger partial charge in [0.1, 0.15) is 5.75 Å². The van der Waals surface area contributed by atoms with Gasteiger partial charge in [0.05, 0.1) is 18.9 Å². The van der Waals surface area contributed by atoms with Crippen LogP contribution in [0.15, 0.2) is 46.9 Å². The molecule has 0 heterocycles. The summed E-state index contributed by atoms with van der Waals surface area (Å²) in [5, 5.41) is 9.60. The third-order valence-corrected chi connectivity index (χ3v) is 3.91. The van der Waals surface area contributed by atoms with E-state index in [0.717, 1.165) is 27.2 Å². The zero-order valence-corrected chi connectivity index (χ0v) is 13.4. The molecular weight excluding hydrogens is 318 g/mol. The van der Waals surface area contributed by atoms with Gasteiger partial charge in [-0.25, -0.2) is 0 Å². The Kier molecular flexibility index (Phi) is 4.68. The largest absolute Gasteiger partial charge is 0.497 e. The molecule has 2 aromatic carbocycles. The molecule has 0 aliphatic carbocycles. The molecular formula is C16H18BrNO2. The second-order valence-electron chi connectivity index (χ2n) is 4.64. The highest BCUT2D eigenvalue weighted by Gasteiger charge is 2.10. The molecule has 0 aliphatic heterocycles.